The van der Waals surface area contributed by atoms with Crippen LogP contribution < -0.4 is 10.6 Å². The Labute approximate surface area is 128 Å². The minimum absolute atomic E-state index is 0.150. The highest BCUT2D eigenvalue weighted by Crippen LogP contribution is 2.28. The number of hydrogen-bond donors (Lipinski definition) is 3. The van der Waals surface area contributed by atoms with E-state index in [1.54, 1.807) is 0 Å². The minimum atomic E-state index is -0.665. The summed E-state index contributed by atoms with van der Waals surface area (Å²) in [5, 5.41) is 15.8. The second kappa shape index (κ2) is 7.99. The number of urea groups is 1. The average molecular weight is 297 g/mol. The lowest BCUT2D eigenvalue weighted by atomic mass is 9.99. The number of likely N-dealkylation sites (tertiary alicyclic amines) is 1. The fourth-order valence-electron chi connectivity index (χ4n) is 3.31. The van der Waals surface area contributed by atoms with E-state index >= 15 is 0 Å². The van der Waals surface area contributed by atoms with E-state index in [9.17, 15) is 9.90 Å². The molecule has 122 valence electrons. The van der Waals surface area contributed by atoms with Crippen LogP contribution in [0.5, 0.6) is 0 Å². The van der Waals surface area contributed by atoms with E-state index in [2.05, 4.69) is 22.5 Å². The Balaban J connectivity index is 1.49. The van der Waals surface area contributed by atoms with Gasteiger partial charge in [0.1, 0.15) is 0 Å². The summed E-state index contributed by atoms with van der Waals surface area (Å²) in [6.07, 6.45) is 7.33. The maximum Gasteiger partial charge on any atom is 0.314 e. The highest BCUT2D eigenvalue weighted by atomic mass is 16.3. The van der Waals surface area contributed by atoms with Gasteiger partial charge in [0.15, 0.2) is 0 Å². The molecule has 5 heteroatoms. The van der Waals surface area contributed by atoms with E-state index in [0.29, 0.717) is 13.1 Å². The molecule has 1 saturated carbocycles. The van der Waals surface area contributed by atoms with Crippen LogP contribution in [0.25, 0.3) is 0 Å². The van der Waals surface area contributed by atoms with Crippen molar-refractivity contribution in [2.24, 2.45) is 5.92 Å². The summed E-state index contributed by atoms with van der Waals surface area (Å²) >= 11 is 0. The zero-order valence-electron chi connectivity index (χ0n) is 13.4. The lowest BCUT2D eigenvalue weighted by molar-refractivity contribution is 0.0501. The summed E-state index contributed by atoms with van der Waals surface area (Å²) in [5.74, 6) is 0.867. The van der Waals surface area contributed by atoms with Crippen LogP contribution >= 0.6 is 0 Å². The van der Waals surface area contributed by atoms with Crippen LogP contribution in [0.3, 0.4) is 0 Å². The van der Waals surface area contributed by atoms with Crippen molar-refractivity contribution in [1.29, 1.82) is 0 Å². The van der Waals surface area contributed by atoms with E-state index in [1.165, 1.54) is 25.9 Å². The summed E-state index contributed by atoms with van der Waals surface area (Å²) < 4.78 is 0. The standard InChI is InChI=1S/C16H31N3O2/c1-14-5-11-19(12-6-14)10-4-9-17-15(20)18-13-16(21)7-2-3-8-16/h14,21H,2-13H2,1H3,(H2,17,18,20). The molecule has 0 aromatic carbocycles. The third-order valence-electron chi connectivity index (χ3n) is 4.93. The Kier molecular flexibility index (Phi) is 6.30. The normalized spacial score (nSPS) is 23.1. The number of carbonyl (C=O) groups excluding carboxylic acids is 1. The number of aliphatic hydroxyl groups is 1. The summed E-state index contributed by atoms with van der Waals surface area (Å²) in [7, 11) is 0. The first-order chi connectivity index (χ1) is 10.1. The predicted molar refractivity (Wildman–Crippen MR) is 84.3 cm³/mol. The Morgan fingerprint density at radius 1 is 1.24 bits per heavy atom. The third-order valence-corrected chi connectivity index (χ3v) is 4.93. The molecule has 0 spiro atoms. The van der Waals surface area contributed by atoms with Gasteiger partial charge in [-0.1, -0.05) is 19.8 Å². The maximum atomic E-state index is 11.7. The number of hydrogen-bond acceptors (Lipinski definition) is 3. The van der Waals surface area contributed by atoms with Crippen LogP contribution in [0.1, 0.15) is 51.9 Å². The zero-order chi connectivity index (χ0) is 15.1. The topological polar surface area (TPSA) is 64.6 Å². The molecule has 1 heterocycles. The van der Waals surface area contributed by atoms with Crippen molar-refractivity contribution in [2.75, 3.05) is 32.7 Å². The van der Waals surface area contributed by atoms with Crippen molar-refractivity contribution >= 4 is 6.03 Å². The highest BCUT2D eigenvalue weighted by Gasteiger charge is 2.31. The molecule has 0 atom stereocenters. The van der Waals surface area contributed by atoms with E-state index in [0.717, 1.165) is 44.6 Å². The van der Waals surface area contributed by atoms with Gasteiger partial charge in [0.25, 0.3) is 0 Å². The van der Waals surface area contributed by atoms with Crippen LogP contribution in [0.4, 0.5) is 4.79 Å². The van der Waals surface area contributed by atoms with Gasteiger partial charge in [0.2, 0.25) is 0 Å². The molecule has 2 fully saturated rings. The molecule has 1 saturated heterocycles. The molecule has 2 aliphatic rings. The SMILES string of the molecule is CC1CCN(CCCNC(=O)NCC2(O)CCCC2)CC1. The number of amides is 2. The molecule has 2 rings (SSSR count). The second-order valence-corrected chi connectivity index (χ2v) is 6.92. The lowest BCUT2D eigenvalue weighted by Gasteiger charge is -2.30. The van der Waals surface area contributed by atoms with E-state index in [4.69, 9.17) is 0 Å². The molecule has 3 N–H and O–H groups in total. The fraction of sp³-hybridized carbons (Fsp3) is 0.938. The molecule has 0 aromatic heterocycles. The summed E-state index contributed by atoms with van der Waals surface area (Å²) in [6, 6.07) is -0.150. The summed E-state index contributed by atoms with van der Waals surface area (Å²) in [6.45, 7) is 6.86. The van der Waals surface area contributed by atoms with Crippen molar-refractivity contribution < 1.29 is 9.90 Å². The van der Waals surface area contributed by atoms with E-state index < -0.39 is 5.60 Å². The smallest absolute Gasteiger partial charge is 0.314 e. The Morgan fingerprint density at radius 2 is 1.90 bits per heavy atom. The molecule has 1 aliphatic heterocycles. The quantitative estimate of drug-likeness (QED) is 0.654. The molecule has 0 aromatic rings. The number of nitrogens with one attached hydrogen (secondary N) is 2. The van der Waals surface area contributed by atoms with Gasteiger partial charge < -0.3 is 20.6 Å². The third kappa shape index (κ3) is 5.83. The lowest BCUT2D eigenvalue weighted by Crippen LogP contribution is -2.45. The second-order valence-electron chi connectivity index (χ2n) is 6.92. The van der Waals surface area contributed by atoms with Gasteiger partial charge in [-0.05, 0) is 57.7 Å². The Hall–Kier alpha value is -0.810. The molecule has 0 radical (unpaired) electrons. The van der Waals surface area contributed by atoms with Crippen molar-refractivity contribution in [3.63, 3.8) is 0 Å². The van der Waals surface area contributed by atoms with E-state index in [-0.39, 0.29) is 6.03 Å². The largest absolute Gasteiger partial charge is 0.388 e. The molecule has 2 amide bonds. The molecule has 0 bridgehead atoms. The van der Waals surface area contributed by atoms with E-state index in [1.807, 2.05) is 0 Å². The molecule has 0 unspecified atom stereocenters. The Bertz CT molecular complexity index is 321. The molecule has 5 nitrogen and oxygen atoms in total. The van der Waals surface area contributed by atoms with Crippen molar-refractivity contribution in [3.8, 4) is 0 Å². The first-order valence-electron chi connectivity index (χ1n) is 8.54. The van der Waals surface area contributed by atoms with Gasteiger partial charge in [0.05, 0.1) is 5.60 Å². The number of carbonyl (C=O) groups is 1. The highest BCUT2D eigenvalue weighted by molar-refractivity contribution is 5.73. The first kappa shape index (κ1) is 16.6. The van der Waals surface area contributed by atoms with Crippen molar-refractivity contribution in [1.82, 2.24) is 15.5 Å². The van der Waals surface area contributed by atoms with Crippen LogP contribution in [-0.4, -0.2) is 54.4 Å². The monoisotopic (exact) mass is 297 g/mol. The summed E-state index contributed by atoms with van der Waals surface area (Å²) in [4.78, 5) is 14.2. The Morgan fingerprint density at radius 3 is 2.57 bits per heavy atom. The number of nitrogens with zero attached hydrogens (tertiary/aromatic N) is 1. The number of rotatable bonds is 6. The van der Waals surface area contributed by atoms with Crippen molar-refractivity contribution in [3.05, 3.63) is 0 Å². The summed E-state index contributed by atoms with van der Waals surface area (Å²) in [5.41, 5.74) is -0.665. The van der Waals surface area contributed by atoms with Gasteiger partial charge in [-0.2, -0.15) is 0 Å². The van der Waals surface area contributed by atoms with Gasteiger partial charge in [-0.15, -0.1) is 0 Å². The van der Waals surface area contributed by atoms with Crippen LogP contribution in [-0.2, 0) is 0 Å². The molecule has 1 aliphatic carbocycles. The van der Waals surface area contributed by atoms with Gasteiger partial charge in [-0.25, -0.2) is 4.79 Å². The molecular formula is C16H31N3O2. The number of piperidine rings is 1. The van der Waals surface area contributed by atoms with Crippen LogP contribution in [0.2, 0.25) is 0 Å². The predicted octanol–water partition coefficient (Wildman–Crippen LogP) is 1.71. The van der Waals surface area contributed by atoms with Gasteiger partial charge in [0, 0.05) is 13.1 Å². The molecule has 21 heavy (non-hydrogen) atoms. The average Bonchev–Trinajstić information content (AvgIpc) is 2.91. The van der Waals surface area contributed by atoms with Crippen LogP contribution in [0.15, 0.2) is 0 Å². The van der Waals surface area contributed by atoms with Crippen molar-refractivity contribution in [2.45, 2.75) is 57.5 Å². The first-order valence-corrected chi connectivity index (χ1v) is 8.54. The van der Waals surface area contributed by atoms with Gasteiger partial charge in [-0.3, -0.25) is 0 Å². The van der Waals surface area contributed by atoms with Gasteiger partial charge >= 0.3 is 6.03 Å². The molecular weight excluding hydrogens is 266 g/mol. The minimum Gasteiger partial charge on any atom is -0.388 e. The maximum absolute atomic E-state index is 11.7. The van der Waals surface area contributed by atoms with Crippen LogP contribution in [0, 0.1) is 5.92 Å². The fourth-order valence-corrected chi connectivity index (χ4v) is 3.31. The zero-order valence-corrected chi connectivity index (χ0v) is 13.4.